The summed E-state index contributed by atoms with van der Waals surface area (Å²) in [5, 5.41) is 0. The second-order valence-corrected chi connectivity index (χ2v) is 6.24. The fourth-order valence-electron chi connectivity index (χ4n) is 3.70. The molecule has 0 aromatic heterocycles. The topological polar surface area (TPSA) is 0 Å². The van der Waals surface area contributed by atoms with Crippen LogP contribution >= 0.6 is 0 Å². The number of rotatable bonds is 7. The molecule has 0 saturated carbocycles. The summed E-state index contributed by atoms with van der Waals surface area (Å²) in [6.07, 6.45) is 13.4. The molecule has 2 bridgehead atoms. The van der Waals surface area contributed by atoms with Gasteiger partial charge in [0.05, 0.1) is 26.2 Å². The van der Waals surface area contributed by atoms with Gasteiger partial charge in [-0.3, -0.25) is 0 Å². The summed E-state index contributed by atoms with van der Waals surface area (Å²) in [7, 11) is 0. The molecule has 102 valence electrons. The molecule has 0 amide bonds. The Bertz CT molecular complexity index is 183. The molecule has 3 fully saturated rings. The van der Waals surface area contributed by atoms with E-state index in [1.54, 1.807) is 0 Å². The molecule has 0 aromatic rings. The molecule has 17 heavy (non-hydrogen) atoms. The Labute approximate surface area is 118 Å². The number of piperidine rings is 3. The van der Waals surface area contributed by atoms with Gasteiger partial charge < -0.3 is 21.5 Å². The minimum atomic E-state index is 0. The molecule has 0 unspecified atom stereocenters. The van der Waals surface area contributed by atoms with Gasteiger partial charge in [0, 0.05) is 0 Å². The average molecular weight is 304 g/mol. The molecule has 0 N–H and O–H groups in total. The van der Waals surface area contributed by atoms with Crippen LogP contribution in [0.4, 0.5) is 0 Å². The largest absolute Gasteiger partial charge is 1.00 e. The van der Waals surface area contributed by atoms with Gasteiger partial charge in [0.15, 0.2) is 0 Å². The van der Waals surface area contributed by atoms with Crippen molar-refractivity contribution < 1.29 is 21.5 Å². The molecular weight excluding hydrogens is 274 g/mol. The predicted molar refractivity (Wildman–Crippen MR) is 70.4 cm³/mol. The maximum Gasteiger partial charge on any atom is 0.0789 e. The Morgan fingerprint density at radius 1 is 0.824 bits per heavy atom. The van der Waals surface area contributed by atoms with Gasteiger partial charge in [-0.05, 0) is 38.0 Å². The number of halogens is 1. The van der Waals surface area contributed by atoms with Crippen molar-refractivity contribution in [1.29, 1.82) is 0 Å². The second-order valence-electron chi connectivity index (χ2n) is 6.24. The van der Waals surface area contributed by atoms with Crippen LogP contribution in [0.25, 0.3) is 0 Å². The van der Waals surface area contributed by atoms with Crippen molar-refractivity contribution in [1.82, 2.24) is 0 Å². The highest BCUT2D eigenvalue weighted by molar-refractivity contribution is 4.71. The van der Waals surface area contributed by atoms with Gasteiger partial charge in [-0.1, -0.05) is 32.6 Å². The van der Waals surface area contributed by atoms with Crippen LogP contribution in [0.1, 0.15) is 64.7 Å². The van der Waals surface area contributed by atoms with E-state index in [1.807, 2.05) is 0 Å². The lowest BCUT2D eigenvalue weighted by molar-refractivity contribution is -0.942. The van der Waals surface area contributed by atoms with Crippen LogP contribution in [0.5, 0.6) is 0 Å². The number of unbranched alkanes of at least 4 members (excludes halogenated alkanes) is 5. The minimum Gasteiger partial charge on any atom is -1.00 e. The number of fused-ring (bicyclic) bond motifs is 3. The van der Waals surface area contributed by atoms with Gasteiger partial charge >= 0.3 is 0 Å². The van der Waals surface area contributed by atoms with Gasteiger partial charge in [-0.2, -0.15) is 0 Å². The van der Waals surface area contributed by atoms with E-state index >= 15 is 0 Å². The Balaban J connectivity index is 0.00000144. The van der Waals surface area contributed by atoms with E-state index in [4.69, 9.17) is 0 Å². The number of nitrogens with zero attached hydrogens (tertiary/aromatic N) is 1. The zero-order valence-corrected chi connectivity index (χ0v) is 13.2. The van der Waals surface area contributed by atoms with Crippen molar-refractivity contribution >= 4 is 0 Å². The summed E-state index contributed by atoms with van der Waals surface area (Å²) < 4.78 is 1.50. The molecule has 3 heterocycles. The average Bonchev–Trinajstić information content (AvgIpc) is 2.36. The van der Waals surface area contributed by atoms with Crippen molar-refractivity contribution in [2.45, 2.75) is 64.7 Å². The zero-order valence-electron chi connectivity index (χ0n) is 11.6. The van der Waals surface area contributed by atoms with Crippen LogP contribution in [0.3, 0.4) is 0 Å². The van der Waals surface area contributed by atoms with Gasteiger partial charge in [0.1, 0.15) is 0 Å². The molecule has 0 radical (unpaired) electrons. The lowest BCUT2D eigenvalue weighted by Crippen LogP contribution is -3.00. The molecule has 1 nitrogen and oxygen atoms in total. The van der Waals surface area contributed by atoms with Gasteiger partial charge in [-0.15, -0.1) is 0 Å². The first-order valence-corrected chi connectivity index (χ1v) is 7.70. The monoisotopic (exact) mass is 303 g/mol. The van der Waals surface area contributed by atoms with Crippen LogP contribution < -0.4 is 17.0 Å². The van der Waals surface area contributed by atoms with Gasteiger partial charge in [0.2, 0.25) is 0 Å². The van der Waals surface area contributed by atoms with E-state index in [2.05, 4.69) is 6.92 Å². The molecule has 0 spiro atoms. The number of hydrogen-bond acceptors (Lipinski definition) is 0. The second kappa shape index (κ2) is 7.78. The van der Waals surface area contributed by atoms with Gasteiger partial charge in [-0.25, -0.2) is 0 Å². The normalized spacial score (nSPS) is 31.2. The molecule has 0 aliphatic carbocycles. The first-order valence-electron chi connectivity index (χ1n) is 7.70. The quantitative estimate of drug-likeness (QED) is 0.486. The third-order valence-corrected chi connectivity index (χ3v) is 5.02. The molecular formula is C15H30BrN. The smallest absolute Gasteiger partial charge is 0.0789 e. The van der Waals surface area contributed by atoms with Gasteiger partial charge in [0.25, 0.3) is 0 Å². The Morgan fingerprint density at radius 3 is 1.94 bits per heavy atom. The van der Waals surface area contributed by atoms with E-state index < -0.39 is 0 Å². The Hall–Kier alpha value is 0.440. The lowest BCUT2D eigenvalue weighted by atomic mass is 9.85. The summed E-state index contributed by atoms with van der Waals surface area (Å²) in [6, 6.07) is 0. The standard InChI is InChI=1S/C15H30N.BrH/c1-2-3-4-5-6-7-11-16-12-8-15(9-13-16)10-14-16;/h15H,2-14H2,1H3;1H/q+1;/p-1. The molecule has 0 aromatic carbocycles. The first kappa shape index (κ1) is 15.5. The third kappa shape index (κ3) is 4.55. The molecule has 2 heteroatoms. The summed E-state index contributed by atoms with van der Waals surface area (Å²) in [5.41, 5.74) is 0. The van der Waals surface area contributed by atoms with Crippen LogP contribution in [0, 0.1) is 5.92 Å². The van der Waals surface area contributed by atoms with Crippen LogP contribution in [-0.4, -0.2) is 30.7 Å². The number of quaternary nitrogens is 1. The van der Waals surface area contributed by atoms with E-state index in [0.717, 1.165) is 5.92 Å². The van der Waals surface area contributed by atoms with Crippen molar-refractivity contribution in [3.05, 3.63) is 0 Å². The van der Waals surface area contributed by atoms with Crippen molar-refractivity contribution in [2.24, 2.45) is 5.92 Å². The lowest BCUT2D eigenvalue weighted by Gasteiger charge is -2.49. The minimum absolute atomic E-state index is 0. The maximum absolute atomic E-state index is 2.30. The Kier molecular flexibility index (Phi) is 7.10. The fourth-order valence-corrected chi connectivity index (χ4v) is 3.70. The van der Waals surface area contributed by atoms with E-state index in [9.17, 15) is 0 Å². The summed E-state index contributed by atoms with van der Waals surface area (Å²) in [4.78, 5) is 0. The highest BCUT2D eigenvalue weighted by atomic mass is 79.9. The van der Waals surface area contributed by atoms with Crippen molar-refractivity contribution in [3.63, 3.8) is 0 Å². The maximum atomic E-state index is 2.30. The summed E-state index contributed by atoms with van der Waals surface area (Å²) in [6.45, 7) is 8.34. The van der Waals surface area contributed by atoms with E-state index in [-0.39, 0.29) is 17.0 Å². The van der Waals surface area contributed by atoms with Crippen LogP contribution in [0.15, 0.2) is 0 Å². The summed E-state index contributed by atoms with van der Waals surface area (Å²) >= 11 is 0. The van der Waals surface area contributed by atoms with E-state index in [1.165, 1.54) is 88.4 Å². The third-order valence-electron chi connectivity index (χ3n) is 5.02. The summed E-state index contributed by atoms with van der Waals surface area (Å²) in [5.74, 6) is 1.12. The fraction of sp³-hybridized carbons (Fsp3) is 1.00. The van der Waals surface area contributed by atoms with Crippen molar-refractivity contribution in [3.8, 4) is 0 Å². The molecule has 3 rings (SSSR count). The highest BCUT2D eigenvalue weighted by Crippen LogP contribution is 2.33. The van der Waals surface area contributed by atoms with E-state index in [0.29, 0.717) is 0 Å². The first-order chi connectivity index (χ1) is 7.85. The molecule has 3 saturated heterocycles. The Morgan fingerprint density at radius 2 is 1.35 bits per heavy atom. The predicted octanol–water partition coefficient (Wildman–Crippen LogP) is 0.981. The zero-order chi connectivity index (χ0) is 11.3. The number of hydrogen-bond donors (Lipinski definition) is 0. The molecule has 0 atom stereocenters. The van der Waals surface area contributed by atoms with Crippen LogP contribution in [0.2, 0.25) is 0 Å². The van der Waals surface area contributed by atoms with Crippen molar-refractivity contribution in [2.75, 3.05) is 26.2 Å². The molecule has 3 aliphatic heterocycles. The molecule has 3 aliphatic rings. The SMILES string of the molecule is CCCCCCCC[N+]12CCC(CC1)CC2.[Br-]. The highest BCUT2D eigenvalue weighted by Gasteiger charge is 2.38. The van der Waals surface area contributed by atoms with Crippen LogP contribution in [-0.2, 0) is 0 Å².